The number of nitrogens with zero attached hydrogens (tertiary/aromatic N) is 1. The fraction of sp³-hybridized carbons (Fsp3) is 0.600. The highest BCUT2D eigenvalue weighted by atomic mass is 32.2. The Hall–Kier alpha value is -2.13. The second-order valence-corrected chi connectivity index (χ2v) is 9.67. The minimum Gasteiger partial charge on any atom is -0.495 e. The fourth-order valence-electron chi connectivity index (χ4n) is 3.39. The van der Waals surface area contributed by atoms with Gasteiger partial charge in [-0.05, 0) is 43.9 Å². The molecule has 2 fully saturated rings. The lowest BCUT2D eigenvalue weighted by Gasteiger charge is -2.33. The van der Waals surface area contributed by atoms with Crippen LogP contribution in [0, 0.1) is 5.92 Å². The summed E-state index contributed by atoms with van der Waals surface area (Å²) in [5.74, 6) is -0.0348. The molecule has 160 valence electrons. The first kappa shape index (κ1) is 21.6. The predicted octanol–water partition coefficient (Wildman–Crippen LogP) is 1.51. The summed E-state index contributed by atoms with van der Waals surface area (Å²) in [4.78, 5) is 26.6. The Kier molecular flexibility index (Phi) is 6.48. The van der Waals surface area contributed by atoms with Gasteiger partial charge in [-0.2, -0.15) is 0 Å². The molecule has 2 amide bonds. The van der Waals surface area contributed by atoms with E-state index < -0.39 is 10.0 Å². The van der Waals surface area contributed by atoms with E-state index in [9.17, 15) is 18.0 Å². The van der Waals surface area contributed by atoms with Crippen LogP contribution >= 0.6 is 0 Å². The Labute approximate surface area is 172 Å². The van der Waals surface area contributed by atoms with Gasteiger partial charge in [0.2, 0.25) is 15.9 Å². The summed E-state index contributed by atoms with van der Waals surface area (Å²) in [6.45, 7) is 4.97. The van der Waals surface area contributed by atoms with E-state index in [0.717, 1.165) is 12.8 Å². The van der Waals surface area contributed by atoms with Gasteiger partial charge in [-0.25, -0.2) is 13.1 Å². The molecule has 1 saturated heterocycles. The molecule has 1 heterocycles. The summed E-state index contributed by atoms with van der Waals surface area (Å²) in [5, 5.41) is 2.96. The van der Waals surface area contributed by atoms with Gasteiger partial charge in [-0.1, -0.05) is 13.8 Å². The van der Waals surface area contributed by atoms with Crippen molar-refractivity contribution in [3.8, 4) is 5.75 Å². The minimum atomic E-state index is -3.75. The van der Waals surface area contributed by atoms with E-state index in [4.69, 9.17) is 4.74 Å². The molecular weight excluding hydrogens is 394 g/mol. The lowest BCUT2D eigenvalue weighted by molar-refractivity contribution is -0.135. The van der Waals surface area contributed by atoms with Crippen LogP contribution in [-0.4, -0.2) is 57.4 Å². The molecule has 1 aliphatic carbocycles. The largest absolute Gasteiger partial charge is 0.495 e. The number of carbonyl (C=O) groups excluding carboxylic acids is 2. The molecule has 1 aliphatic heterocycles. The Morgan fingerprint density at radius 3 is 2.31 bits per heavy atom. The van der Waals surface area contributed by atoms with Gasteiger partial charge in [-0.3, -0.25) is 9.59 Å². The Morgan fingerprint density at radius 1 is 1.10 bits per heavy atom. The van der Waals surface area contributed by atoms with Crippen molar-refractivity contribution in [1.82, 2.24) is 14.9 Å². The van der Waals surface area contributed by atoms with Gasteiger partial charge in [0, 0.05) is 36.7 Å². The average Bonchev–Trinajstić information content (AvgIpc) is 3.50. The quantitative estimate of drug-likeness (QED) is 0.692. The summed E-state index contributed by atoms with van der Waals surface area (Å²) < 4.78 is 33.0. The molecule has 1 aromatic carbocycles. The highest BCUT2D eigenvalue weighted by Gasteiger charge is 2.31. The zero-order valence-electron chi connectivity index (χ0n) is 17.1. The molecule has 1 aromatic rings. The van der Waals surface area contributed by atoms with Gasteiger partial charge in [0.1, 0.15) is 10.6 Å². The molecular formula is C20H29N3O5S. The maximum atomic E-state index is 12.7. The summed E-state index contributed by atoms with van der Waals surface area (Å²) >= 11 is 0. The fourth-order valence-corrected chi connectivity index (χ4v) is 4.89. The number of nitrogens with one attached hydrogen (secondary N) is 2. The van der Waals surface area contributed by atoms with Gasteiger partial charge in [0.05, 0.1) is 7.11 Å². The lowest BCUT2D eigenvalue weighted by Crippen LogP contribution is -2.47. The number of hydrogen-bond donors (Lipinski definition) is 2. The Balaban J connectivity index is 1.67. The number of piperidine rings is 1. The maximum absolute atomic E-state index is 12.7. The SMILES string of the molecule is COc1ccc(C(=O)NC2CCN(C(=O)C(C)C)CC2)cc1S(=O)(=O)NC1CC1. The number of amides is 2. The number of benzene rings is 1. The van der Waals surface area contributed by atoms with E-state index in [1.54, 1.807) is 6.07 Å². The molecule has 0 aromatic heterocycles. The molecule has 0 unspecified atom stereocenters. The van der Waals surface area contributed by atoms with Crippen LogP contribution in [0.25, 0.3) is 0 Å². The number of hydrogen-bond acceptors (Lipinski definition) is 5. The second kappa shape index (κ2) is 8.71. The molecule has 2 aliphatic rings. The predicted molar refractivity (Wildman–Crippen MR) is 108 cm³/mol. The van der Waals surface area contributed by atoms with E-state index in [0.29, 0.717) is 25.9 Å². The molecule has 3 rings (SSSR count). The van der Waals surface area contributed by atoms with Crippen molar-refractivity contribution in [1.29, 1.82) is 0 Å². The summed E-state index contributed by atoms with van der Waals surface area (Å²) in [6.07, 6.45) is 2.99. The molecule has 1 saturated carbocycles. The van der Waals surface area contributed by atoms with Crippen LogP contribution in [0.3, 0.4) is 0 Å². The molecule has 0 radical (unpaired) electrons. The van der Waals surface area contributed by atoms with Crippen LogP contribution in [0.15, 0.2) is 23.1 Å². The third-order valence-electron chi connectivity index (χ3n) is 5.25. The van der Waals surface area contributed by atoms with Gasteiger partial charge >= 0.3 is 0 Å². The van der Waals surface area contributed by atoms with Crippen LogP contribution in [0.4, 0.5) is 0 Å². The first-order valence-corrected chi connectivity index (χ1v) is 11.5. The zero-order valence-corrected chi connectivity index (χ0v) is 17.9. The normalized spacial score (nSPS) is 18.0. The lowest BCUT2D eigenvalue weighted by atomic mass is 10.0. The monoisotopic (exact) mass is 423 g/mol. The van der Waals surface area contributed by atoms with Crippen molar-refractivity contribution in [2.24, 2.45) is 5.92 Å². The smallest absolute Gasteiger partial charge is 0.251 e. The number of rotatable bonds is 7. The van der Waals surface area contributed by atoms with E-state index in [1.807, 2.05) is 18.7 Å². The highest BCUT2D eigenvalue weighted by molar-refractivity contribution is 7.89. The molecule has 9 heteroatoms. The number of carbonyl (C=O) groups is 2. The van der Waals surface area contributed by atoms with Crippen molar-refractivity contribution < 1.29 is 22.7 Å². The molecule has 0 bridgehead atoms. The third kappa shape index (κ3) is 5.27. The zero-order chi connectivity index (χ0) is 21.2. The van der Waals surface area contributed by atoms with Crippen LogP contribution in [0.1, 0.15) is 49.9 Å². The van der Waals surface area contributed by atoms with Gasteiger partial charge in [0.15, 0.2) is 0 Å². The van der Waals surface area contributed by atoms with E-state index in [1.165, 1.54) is 19.2 Å². The first-order chi connectivity index (χ1) is 13.7. The number of sulfonamides is 1. The van der Waals surface area contributed by atoms with E-state index >= 15 is 0 Å². The van der Waals surface area contributed by atoms with Gasteiger partial charge in [-0.15, -0.1) is 0 Å². The molecule has 29 heavy (non-hydrogen) atoms. The van der Waals surface area contributed by atoms with Crippen molar-refractivity contribution in [3.63, 3.8) is 0 Å². The Bertz CT molecular complexity index is 872. The van der Waals surface area contributed by atoms with Crippen molar-refractivity contribution >= 4 is 21.8 Å². The van der Waals surface area contributed by atoms with Crippen molar-refractivity contribution in [3.05, 3.63) is 23.8 Å². The van der Waals surface area contributed by atoms with Crippen molar-refractivity contribution in [2.75, 3.05) is 20.2 Å². The highest BCUT2D eigenvalue weighted by Crippen LogP contribution is 2.28. The molecule has 0 atom stereocenters. The second-order valence-electron chi connectivity index (χ2n) is 7.99. The topological polar surface area (TPSA) is 105 Å². The Morgan fingerprint density at radius 2 is 1.76 bits per heavy atom. The molecule has 0 spiro atoms. The summed E-state index contributed by atoms with van der Waals surface area (Å²) in [7, 11) is -2.35. The maximum Gasteiger partial charge on any atom is 0.251 e. The van der Waals surface area contributed by atoms with Crippen LogP contribution < -0.4 is 14.8 Å². The minimum absolute atomic E-state index is 0.0306. The van der Waals surface area contributed by atoms with E-state index in [-0.39, 0.29) is 46.0 Å². The number of methoxy groups -OCH3 is 1. The molecule has 8 nitrogen and oxygen atoms in total. The number of ether oxygens (including phenoxy) is 1. The van der Waals surface area contributed by atoms with Crippen molar-refractivity contribution in [2.45, 2.75) is 56.5 Å². The van der Waals surface area contributed by atoms with Crippen LogP contribution in [0.2, 0.25) is 0 Å². The van der Waals surface area contributed by atoms with Gasteiger partial charge < -0.3 is 15.0 Å². The molecule has 2 N–H and O–H groups in total. The standard InChI is InChI=1S/C20H29N3O5S/c1-13(2)20(25)23-10-8-15(9-11-23)21-19(24)14-4-7-17(28-3)18(12-14)29(26,27)22-16-5-6-16/h4,7,12-13,15-16,22H,5-6,8-11H2,1-3H3,(H,21,24). The summed E-state index contributed by atoms with van der Waals surface area (Å²) in [5.41, 5.74) is 0.266. The van der Waals surface area contributed by atoms with Gasteiger partial charge in [0.25, 0.3) is 5.91 Å². The van der Waals surface area contributed by atoms with E-state index in [2.05, 4.69) is 10.0 Å². The third-order valence-corrected chi connectivity index (χ3v) is 6.79. The van der Waals surface area contributed by atoms with Crippen LogP contribution in [-0.2, 0) is 14.8 Å². The summed E-state index contributed by atoms with van der Waals surface area (Å²) in [6, 6.07) is 4.32. The first-order valence-electron chi connectivity index (χ1n) is 10.0. The number of likely N-dealkylation sites (tertiary alicyclic amines) is 1. The van der Waals surface area contributed by atoms with Crippen LogP contribution in [0.5, 0.6) is 5.75 Å². The average molecular weight is 424 g/mol.